The van der Waals surface area contributed by atoms with Crippen LogP contribution in [0.2, 0.25) is 0 Å². The van der Waals surface area contributed by atoms with Crippen molar-refractivity contribution >= 4 is 11.7 Å². The summed E-state index contributed by atoms with van der Waals surface area (Å²) in [6.45, 7) is 3.36. The third-order valence-electron chi connectivity index (χ3n) is 3.40. The Morgan fingerprint density at radius 1 is 1.37 bits per heavy atom. The maximum absolute atomic E-state index is 12.1. The Kier molecular flexibility index (Phi) is 4.13. The van der Waals surface area contributed by atoms with Gasteiger partial charge in [-0.2, -0.15) is 4.68 Å². The number of aryl methyl sites for hydroxylation is 1. The average molecular weight is 266 g/mol. The molecule has 0 atom stereocenters. The first-order chi connectivity index (χ1) is 9.08. The molecule has 7 heteroatoms. The third-order valence-corrected chi connectivity index (χ3v) is 3.40. The van der Waals surface area contributed by atoms with Crippen LogP contribution in [-0.2, 0) is 11.3 Å². The number of likely N-dealkylation sites (tertiary alicyclic amines) is 1. The highest BCUT2D eigenvalue weighted by Crippen LogP contribution is 2.13. The molecule has 0 N–H and O–H groups in total. The maximum Gasteiger partial charge on any atom is 0.390 e. The van der Waals surface area contributed by atoms with Crippen molar-refractivity contribution in [3.05, 3.63) is 21.9 Å². The molecule has 0 aliphatic carbocycles. The number of carbonyl (C=O) groups is 1. The molecule has 7 nitrogen and oxygen atoms in total. The van der Waals surface area contributed by atoms with Crippen molar-refractivity contribution in [3.63, 3.8) is 0 Å². The van der Waals surface area contributed by atoms with Gasteiger partial charge in [0.05, 0.1) is 16.9 Å². The zero-order chi connectivity index (χ0) is 13.8. The van der Waals surface area contributed by atoms with Gasteiger partial charge in [0.2, 0.25) is 5.91 Å². The summed E-state index contributed by atoms with van der Waals surface area (Å²) in [6, 6.07) is 1.38. The Morgan fingerprint density at radius 3 is 2.53 bits per heavy atom. The Labute approximate surface area is 111 Å². The van der Waals surface area contributed by atoms with E-state index in [4.69, 9.17) is 0 Å². The molecule has 19 heavy (non-hydrogen) atoms. The molecule has 2 heterocycles. The fourth-order valence-corrected chi connectivity index (χ4v) is 2.29. The molecule has 1 aromatic rings. The van der Waals surface area contributed by atoms with E-state index in [1.807, 2.05) is 4.90 Å². The Bertz CT molecular complexity index is 475. The summed E-state index contributed by atoms with van der Waals surface area (Å²) >= 11 is 0. The quantitative estimate of drug-likeness (QED) is 0.613. The van der Waals surface area contributed by atoms with E-state index in [0.29, 0.717) is 5.69 Å². The zero-order valence-electron chi connectivity index (χ0n) is 11.0. The van der Waals surface area contributed by atoms with Gasteiger partial charge in [0.25, 0.3) is 0 Å². The monoisotopic (exact) mass is 266 g/mol. The lowest BCUT2D eigenvalue weighted by Gasteiger charge is -2.19. The van der Waals surface area contributed by atoms with E-state index in [1.54, 1.807) is 6.92 Å². The summed E-state index contributed by atoms with van der Waals surface area (Å²) in [5, 5.41) is 14.5. The van der Waals surface area contributed by atoms with E-state index in [1.165, 1.54) is 10.7 Å². The largest absolute Gasteiger partial charge is 0.390 e. The van der Waals surface area contributed by atoms with Gasteiger partial charge in [0.15, 0.2) is 0 Å². The van der Waals surface area contributed by atoms with Gasteiger partial charge >= 0.3 is 5.82 Å². The molecule has 1 aliphatic heterocycles. The van der Waals surface area contributed by atoms with Crippen molar-refractivity contribution in [1.29, 1.82) is 0 Å². The summed E-state index contributed by atoms with van der Waals surface area (Å²) in [5.41, 5.74) is 0.634. The Morgan fingerprint density at radius 2 is 2.00 bits per heavy atom. The number of hydrogen-bond donors (Lipinski definition) is 0. The summed E-state index contributed by atoms with van der Waals surface area (Å²) in [5.74, 6) is -0.218. The van der Waals surface area contributed by atoms with Gasteiger partial charge in [-0.1, -0.05) is 12.8 Å². The molecule has 0 aromatic carbocycles. The maximum atomic E-state index is 12.1. The van der Waals surface area contributed by atoms with Crippen LogP contribution in [0.5, 0.6) is 0 Å². The zero-order valence-corrected chi connectivity index (χ0v) is 11.0. The second-order valence-corrected chi connectivity index (χ2v) is 4.85. The lowest BCUT2D eigenvalue weighted by Crippen LogP contribution is -2.35. The number of rotatable bonds is 3. The van der Waals surface area contributed by atoms with Crippen LogP contribution in [0.25, 0.3) is 0 Å². The minimum Gasteiger partial charge on any atom is -0.358 e. The number of aromatic nitrogens is 2. The third kappa shape index (κ3) is 3.30. The van der Waals surface area contributed by atoms with Crippen LogP contribution in [0.1, 0.15) is 31.4 Å². The summed E-state index contributed by atoms with van der Waals surface area (Å²) in [6.07, 6.45) is 4.39. The van der Waals surface area contributed by atoms with Crippen LogP contribution in [0.4, 0.5) is 5.82 Å². The van der Waals surface area contributed by atoms with Crippen molar-refractivity contribution in [3.8, 4) is 0 Å². The second kappa shape index (κ2) is 5.81. The van der Waals surface area contributed by atoms with Gasteiger partial charge < -0.3 is 15.0 Å². The van der Waals surface area contributed by atoms with Crippen molar-refractivity contribution in [2.45, 2.75) is 39.2 Å². The van der Waals surface area contributed by atoms with Crippen molar-refractivity contribution < 1.29 is 9.72 Å². The van der Waals surface area contributed by atoms with E-state index in [9.17, 15) is 14.9 Å². The standard InChI is InChI=1S/C12H18N4O3/c1-10-8-11(16(18)19)13-15(10)9-12(17)14-6-4-2-3-5-7-14/h8H,2-7,9H2,1H3. The molecule has 0 radical (unpaired) electrons. The molecule has 104 valence electrons. The van der Waals surface area contributed by atoms with Gasteiger partial charge in [0, 0.05) is 13.1 Å². The molecule has 1 aromatic heterocycles. The molecule has 0 saturated carbocycles. The number of nitrogens with zero attached hydrogens (tertiary/aromatic N) is 4. The number of hydrogen-bond acceptors (Lipinski definition) is 4. The first kappa shape index (κ1) is 13.5. The van der Waals surface area contributed by atoms with Gasteiger partial charge in [-0.05, 0) is 24.7 Å². The highest BCUT2D eigenvalue weighted by Gasteiger charge is 2.21. The van der Waals surface area contributed by atoms with Crippen LogP contribution in [-0.4, -0.2) is 38.6 Å². The predicted octanol–water partition coefficient (Wildman–Crippen LogP) is 1.50. The van der Waals surface area contributed by atoms with Crippen LogP contribution in [0.3, 0.4) is 0 Å². The van der Waals surface area contributed by atoms with E-state index in [2.05, 4.69) is 5.10 Å². The highest BCUT2D eigenvalue weighted by molar-refractivity contribution is 5.76. The summed E-state index contributed by atoms with van der Waals surface area (Å²) < 4.78 is 1.41. The SMILES string of the molecule is Cc1cc([N+](=O)[O-])nn1CC(=O)N1CCCCCC1. The Hall–Kier alpha value is -1.92. The first-order valence-corrected chi connectivity index (χ1v) is 6.54. The smallest absolute Gasteiger partial charge is 0.358 e. The number of carbonyl (C=O) groups excluding carboxylic acids is 1. The van der Waals surface area contributed by atoms with E-state index in [-0.39, 0.29) is 18.3 Å². The van der Waals surface area contributed by atoms with E-state index >= 15 is 0 Å². The van der Waals surface area contributed by atoms with Crippen molar-refractivity contribution in [2.75, 3.05) is 13.1 Å². The van der Waals surface area contributed by atoms with Crippen molar-refractivity contribution in [2.24, 2.45) is 0 Å². The molecule has 0 unspecified atom stereocenters. The first-order valence-electron chi connectivity index (χ1n) is 6.54. The average Bonchev–Trinajstić information content (AvgIpc) is 2.60. The van der Waals surface area contributed by atoms with Crippen LogP contribution < -0.4 is 0 Å². The molecule has 1 saturated heterocycles. The van der Waals surface area contributed by atoms with Crippen LogP contribution in [0.15, 0.2) is 6.07 Å². The molecular weight excluding hydrogens is 248 g/mol. The molecule has 1 amide bonds. The second-order valence-electron chi connectivity index (χ2n) is 4.85. The minimum atomic E-state index is -0.542. The normalized spacial score (nSPS) is 16.2. The molecule has 0 bridgehead atoms. The van der Waals surface area contributed by atoms with Crippen LogP contribution >= 0.6 is 0 Å². The van der Waals surface area contributed by atoms with Gasteiger partial charge in [-0.15, -0.1) is 0 Å². The van der Waals surface area contributed by atoms with E-state index < -0.39 is 4.92 Å². The van der Waals surface area contributed by atoms with Gasteiger partial charge in [-0.3, -0.25) is 4.79 Å². The molecule has 0 spiro atoms. The molecule has 1 fully saturated rings. The van der Waals surface area contributed by atoms with Gasteiger partial charge in [-0.25, -0.2) is 0 Å². The molecule has 1 aliphatic rings. The van der Waals surface area contributed by atoms with E-state index in [0.717, 1.165) is 38.8 Å². The fraction of sp³-hybridized carbons (Fsp3) is 0.667. The van der Waals surface area contributed by atoms with Crippen LogP contribution in [0, 0.1) is 17.0 Å². The lowest BCUT2D eigenvalue weighted by molar-refractivity contribution is -0.389. The Balaban J connectivity index is 2.03. The number of amides is 1. The molecule has 2 rings (SSSR count). The lowest BCUT2D eigenvalue weighted by atomic mass is 10.2. The van der Waals surface area contributed by atoms with Gasteiger partial charge in [0.1, 0.15) is 6.54 Å². The molecular formula is C12H18N4O3. The summed E-state index contributed by atoms with van der Waals surface area (Å²) in [7, 11) is 0. The topological polar surface area (TPSA) is 81.3 Å². The predicted molar refractivity (Wildman–Crippen MR) is 68.7 cm³/mol. The highest BCUT2D eigenvalue weighted by atomic mass is 16.6. The van der Waals surface area contributed by atoms with Crippen molar-refractivity contribution in [1.82, 2.24) is 14.7 Å². The number of nitro groups is 1. The summed E-state index contributed by atoms with van der Waals surface area (Å²) in [4.78, 5) is 24.1. The fourth-order valence-electron chi connectivity index (χ4n) is 2.29. The minimum absolute atomic E-state index is 0.0111.